The van der Waals surface area contributed by atoms with Gasteiger partial charge >= 0.3 is 6.18 Å². The Bertz CT molecular complexity index is 409. The van der Waals surface area contributed by atoms with Crippen molar-refractivity contribution in [2.75, 3.05) is 17.7 Å². The summed E-state index contributed by atoms with van der Waals surface area (Å²) in [7, 11) is 0. The van der Waals surface area contributed by atoms with Crippen molar-refractivity contribution in [3.05, 3.63) is 28.2 Å². The van der Waals surface area contributed by atoms with Gasteiger partial charge in [-0.25, -0.2) is 0 Å². The summed E-state index contributed by atoms with van der Waals surface area (Å²) in [6, 6.07) is 3.61. The number of rotatable bonds is 6. The number of nitrogens with one attached hydrogen (secondary N) is 1. The molecule has 1 N–H and O–H groups in total. The zero-order valence-corrected chi connectivity index (χ0v) is 12.9. The normalized spacial score (nSPS) is 13.4. The second kappa shape index (κ2) is 7.39. The highest BCUT2D eigenvalue weighted by molar-refractivity contribution is 9.10. The molecular formula is C13H16BrClF3N. The van der Waals surface area contributed by atoms with E-state index < -0.39 is 11.7 Å². The van der Waals surface area contributed by atoms with E-state index in [1.807, 2.05) is 0 Å². The largest absolute Gasteiger partial charge is 0.416 e. The van der Waals surface area contributed by atoms with Gasteiger partial charge in [0.2, 0.25) is 0 Å². The molecule has 0 radical (unpaired) electrons. The number of anilines is 1. The van der Waals surface area contributed by atoms with Crippen LogP contribution in [0.3, 0.4) is 0 Å². The predicted octanol–water partition coefficient (Wildman–Crippen LogP) is 5.53. The molecule has 0 spiro atoms. The lowest BCUT2D eigenvalue weighted by molar-refractivity contribution is -0.137. The first-order chi connectivity index (χ1) is 8.84. The van der Waals surface area contributed by atoms with Crippen LogP contribution in [0.1, 0.15) is 25.3 Å². The van der Waals surface area contributed by atoms with Crippen molar-refractivity contribution < 1.29 is 13.2 Å². The van der Waals surface area contributed by atoms with Crippen LogP contribution in [0.25, 0.3) is 0 Å². The van der Waals surface area contributed by atoms with E-state index in [9.17, 15) is 13.2 Å². The Morgan fingerprint density at radius 2 is 2.05 bits per heavy atom. The summed E-state index contributed by atoms with van der Waals surface area (Å²) in [6.45, 7) is 2.78. The number of hydrogen-bond acceptors (Lipinski definition) is 1. The second-order valence-corrected chi connectivity index (χ2v) is 5.68. The van der Waals surface area contributed by atoms with Crippen molar-refractivity contribution in [2.24, 2.45) is 5.92 Å². The van der Waals surface area contributed by atoms with Gasteiger partial charge in [0.15, 0.2) is 0 Å². The molecule has 0 aliphatic carbocycles. The summed E-state index contributed by atoms with van der Waals surface area (Å²) < 4.78 is 37.9. The van der Waals surface area contributed by atoms with Gasteiger partial charge in [-0.2, -0.15) is 13.2 Å². The Morgan fingerprint density at radius 1 is 1.37 bits per heavy atom. The molecule has 0 saturated heterocycles. The third kappa shape index (κ3) is 5.61. The Kier molecular flexibility index (Phi) is 6.47. The van der Waals surface area contributed by atoms with E-state index in [1.54, 1.807) is 0 Å². The van der Waals surface area contributed by atoms with Crippen LogP contribution >= 0.6 is 27.5 Å². The maximum absolute atomic E-state index is 12.5. The standard InChI is InChI=1S/C13H16BrClF3N/c1-9(8-15)3-2-6-19-12-5-4-10(7-11(12)14)13(16,17)18/h4-5,7,9,19H,2-3,6,8H2,1H3. The molecule has 0 aliphatic heterocycles. The van der Waals surface area contributed by atoms with E-state index in [0.29, 0.717) is 28.5 Å². The first-order valence-electron chi connectivity index (χ1n) is 6.01. The van der Waals surface area contributed by atoms with Gasteiger partial charge in [0.05, 0.1) is 5.56 Å². The van der Waals surface area contributed by atoms with Crippen LogP contribution in [-0.4, -0.2) is 12.4 Å². The molecule has 0 aliphatic rings. The molecule has 1 atom stereocenters. The fourth-order valence-electron chi connectivity index (χ4n) is 1.59. The van der Waals surface area contributed by atoms with Gasteiger partial charge in [-0.15, -0.1) is 11.6 Å². The maximum Gasteiger partial charge on any atom is 0.416 e. The molecule has 1 unspecified atom stereocenters. The van der Waals surface area contributed by atoms with Crippen LogP contribution < -0.4 is 5.32 Å². The SMILES string of the molecule is CC(CCl)CCCNc1ccc(C(F)(F)F)cc1Br. The highest BCUT2D eigenvalue weighted by Crippen LogP contribution is 2.33. The van der Waals surface area contributed by atoms with Crippen LogP contribution in [0.5, 0.6) is 0 Å². The summed E-state index contributed by atoms with van der Waals surface area (Å²) in [5.74, 6) is 1.09. The number of hydrogen-bond donors (Lipinski definition) is 1. The zero-order valence-electron chi connectivity index (χ0n) is 10.5. The van der Waals surface area contributed by atoms with Gasteiger partial charge in [-0.05, 0) is 52.9 Å². The fraction of sp³-hybridized carbons (Fsp3) is 0.538. The van der Waals surface area contributed by atoms with Gasteiger partial charge < -0.3 is 5.32 Å². The zero-order chi connectivity index (χ0) is 14.5. The molecule has 1 aromatic carbocycles. The van der Waals surface area contributed by atoms with Crippen molar-refractivity contribution >= 4 is 33.2 Å². The Morgan fingerprint density at radius 3 is 2.58 bits per heavy atom. The maximum atomic E-state index is 12.5. The van der Waals surface area contributed by atoms with Crippen molar-refractivity contribution in [2.45, 2.75) is 25.9 Å². The van der Waals surface area contributed by atoms with Crippen molar-refractivity contribution in [1.82, 2.24) is 0 Å². The van der Waals surface area contributed by atoms with Gasteiger partial charge in [0.25, 0.3) is 0 Å². The Balaban J connectivity index is 2.52. The number of alkyl halides is 4. The monoisotopic (exact) mass is 357 g/mol. The topological polar surface area (TPSA) is 12.0 Å². The lowest BCUT2D eigenvalue weighted by Gasteiger charge is -2.12. The summed E-state index contributed by atoms with van der Waals surface area (Å²) in [5.41, 5.74) is 0.0206. The summed E-state index contributed by atoms with van der Waals surface area (Å²) in [4.78, 5) is 0. The summed E-state index contributed by atoms with van der Waals surface area (Å²) >= 11 is 8.85. The third-order valence-electron chi connectivity index (χ3n) is 2.75. The molecule has 0 amide bonds. The van der Waals surface area contributed by atoms with E-state index in [2.05, 4.69) is 28.2 Å². The van der Waals surface area contributed by atoms with Crippen molar-refractivity contribution in [1.29, 1.82) is 0 Å². The quantitative estimate of drug-likeness (QED) is 0.520. The molecule has 0 heterocycles. The molecule has 0 fully saturated rings. The van der Waals surface area contributed by atoms with Crippen molar-refractivity contribution in [3.63, 3.8) is 0 Å². The van der Waals surface area contributed by atoms with Crippen LogP contribution in [0.15, 0.2) is 22.7 Å². The molecule has 0 bridgehead atoms. The minimum absolute atomic E-state index is 0.424. The average Bonchev–Trinajstić information content (AvgIpc) is 2.34. The lowest BCUT2D eigenvalue weighted by Crippen LogP contribution is -2.08. The Labute approximate surface area is 124 Å². The van der Waals surface area contributed by atoms with Crippen LogP contribution in [0.4, 0.5) is 18.9 Å². The molecule has 108 valence electrons. The molecule has 6 heteroatoms. The molecule has 1 nitrogen and oxygen atoms in total. The molecule has 1 rings (SSSR count). The third-order valence-corrected chi connectivity index (χ3v) is 3.93. The van der Waals surface area contributed by atoms with Crippen LogP contribution in [0, 0.1) is 5.92 Å². The van der Waals surface area contributed by atoms with Crippen molar-refractivity contribution in [3.8, 4) is 0 Å². The molecule has 0 aromatic heterocycles. The first-order valence-corrected chi connectivity index (χ1v) is 7.34. The fourth-order valence-corrected chi connectivity index (χ4v) is 2.26. The minimum atomic E-state index is -4.31. The van der Waals surface area contributed by atoms with Gasteiger partial charge in [-0.3, -0.25) is 0 Å². The van der Waals surface area contributed by atoms with E-state index in [-0.39, 0.29) is 0 Å². The van der Waals surface area contributed by atoms with Gasteiger partial charge in [0.1, 0.15) is 0 Å². The molecule has 19 heavy (non-hydrogen) atoms. The highest BCUT2D eigenvalue weighted by atomic mass is 79.9. The lowest BCUT2D eigenvalue weighted by atomic mass is 10.1. The van der Waals surface area contributed by atoms with Gasteiger partial charge in [-0.1, -0.05) is 6.92 Å². The van der Waals surface area contributed by atoms with Crippen LogP contribution in [-0.2, 0) is 6.18 Å². The summed E-state index contributed by atoms with van der Waals surface area (Å²) in [6.07, 6.45) is -2.38. The summed E-state index contributed by atoms with van der Waals surface area (Å²) in [5, 5.41) is 3.11. The number of halogens is 5. The predicted molar refractivity (Wildman–Crippen MR) is 76.8 cm³/mol. The highest BCUT2D eigenvalue weighted by Gasteiger charge is 2.30. The average molecular weight is 359 g/mol. The first kappa shape index (κ1) is 16.6. The second-order valence-electron chi connectivity index (χ2n) is 4.52. The van der Waals surface area contributed by atoms with E-state index in [1.165, 1.54) is 6.07 Å². The van der Waals surface area contributed by atoms with E-state index >= 15 is 0 Å². The Hall–Kier alpha value is -0.420. The van der Waals surface area contributed by atoms with E-state index in [0.717, 1.165) is 25.0 Å². The molecule has 0 saturated carbocycles. The smallest absolute Gasteiger partial charge is 0.384 e. The van der Waals surface area contributed by atoms with E-state index in [4.69, 9.17) is 11.6 Å². The van der Waals surface area contributed by atoms with Crippen LogP contribution in [0.2, 0.25) is 0 Å². The molecular weight excluding hydrogens is 343 g/mol. The molecule has 1 aromatic rings. The minimum Gasteiger partial charge on any atom is -0.384 e. The number of benzene rings is 1. The van der Waals surface area contributed by atoms with Gasteiger partial charge in [0, 0.05) is 22.6 Å².